The van der Waals surface area contributed by atoms with Crippen LogP contribution in [0.3, 0.4) is 0 Å². The molecule has 1 aliphatic heterocycles. The largest absolute Gasteiger partial charge is 0.491 e. The molecule has 0 bridgehead atoms. The lowest BCUT2D eigenvalue weighted by Crippen LogP contribution is -2.35. The second-order valence-corrected chi connectivity index (χ2v) is 8.09. The number of H-pyrrole nitrogens is 1. The molecular formula is C27H45N7O. The number of hydrazine groups is 1. The van der Waals surface area contributed by atoms with Gasteiger partial charge in [-0.25, -0.2) is 4.98 Å². The minimum atomic E-state index is 0.0977. The number of piperidine rings is 1. The lowest BCUT2D eigenvalue weighted by Gasteiger charge is -2.34. The van der Waals surface area contributed by atoms with Gasteiger partial charge in [0.1, 0.15) is 17.4 Å². The van der Waals surface area contributed by atoms with Gasteiger partial charge in [0.2, 0.25) is 0 Å². The van der Waals surface area contributed by atoms with Crippen molar-refractivity contribution in [3.05, 3.63) is 53.9 Å². The van der Waals surface area contributed by atoms with Crippen LogP contribution < -0.4 is 27.1 Å². The predicted molar refractivity (Wildman–Crippen MR) is 149 cm³/mol. The molecule has 1 fully saturated rings. The van der Waals surface area contributed by atoms with E-state index in [1.165, 1.54) is 0 Å². The zero-order chi connectivity index (χ0) is 26.4. The number of anilines is 1. The van der Waals surface area contributed by atoms with E-state index in [1.807, 2.05) is 77.9 Å². The first-order valence-corrected chi connectivity index (χ1v) is 12.7. The molecule has 0 spiro atoms. The van der Waals surface area contributed by atoms with Gasteiger partial charge in [-0.05, 0) is 56.9 Å². The Morgan fingerprint density at radius 2 is 1.71 bits per heavy atom. The summed E-state index contributed by atoms with van der Waals surface area (Å²) in [6.07, 6.45) is 3.26. The van der Waals surface area contributed by atoms with Crippen molar-refractivity contribution in [1.82, 2.24) is 9.97 Å². The number of nitrogen functional groups attached to an aromatic ring is 1. The number of imidazole rings is 1. The average Bonchev–Trinajstić information content (AvgIpc) is 3.30. The van der Waals surface area contributed by atoms with Gasteiger partial charge < -0.3 is 20.4 Å². The molecule has 8 heteroatoms. The summed E-state index contributed by atoms with van der Waals surface area (Å²) >= 11 is 0. The van der Waals surface area contributed by atoms with E-state index >= 15 is 0 Å². The van der Waals surface area contributed by atoms with Gasteiger partial charge in [-0.15, -0.1) is 0 Å². The highest BCUT2D eigenvalue weighted by Gasteiger charge is 2.23. The average molecular weight is 484 g/mol. The molecule has 1 aromatic heterocycles. The van der Waals surface area contributed by atoms with Crippen LogP contribution in [-0.2, 0) is 6.42 Å². The predicted octanol–water partition coefficient (Wildman–Crippen LogP) is 4.96. The van der Waals surface area contributed by atoms with Gasteiger partial charge in [0.15, 0.2) is 0 Å². The van der Waals surface area contributed by atoms with Crippen LogP contribution in [0.2, 0.25) is 0 Å². The van der Waals surface area contributed by atoms with Crippen LogP contribution >= 0.6 is 0 Å². The maximum absolute atomic E-state index is 7.95. The Hall–Kier alpha value is -3.10. The summed E-state index contributed by atoms with van der Waals surface area (Å²) in [5, 5.41) is 7.95. The number of nitrogens with zero attached hydrogens (tertiary/aromatic N) is 2. The summed E-state index contributed by atoms with van der Waals surface area (Å²) in [7, 11) is 0. The summed E-state index contributed by atoms with van der Waals surface area (Å²) < 4.78 is 5.86. The molecular weight excluding hydrogens is 438 g/mol. The summed E-state index contributed by atoms with van der Waals surface area (Å²) in [5.41, 5.74) is 9.75. The van der Waals surface area contributed by atoms with E-state index in [0.29, 0.717) is 5.92 Å². The second-order valence-electron chi connectivity index (χ2n) is 8.09. The van der Waals surface area contributed by atoms with Crippen LogP contribution in [0.5, 0.6) is 5.75 Å². The quantitative estimate of drug-likeness (QED) is 0.145. The fraction of sp³-hybridized carbons (Fsp3) is 0.481. The van der Waals surface area contributed by atoms with E-state index in [0.717, 1.165) is 66.2 Å². The number of hydrogen-bond acceptors (Lipinski definition) is 6. The second kappa shape index (κ2) is 15.7. The van der Waals surface area contributed by atoms with Crippen molar-refractivity contribution in [2.75, 3.05) is 18.0 Å². The van der Waals surface area contributed by atoms with Gasteiger partial charge in [0.05, 0.1) is 22.8 Å². The minimum Gasteiger partial charge on any atom is -0.491 e. The molecule has 0 saturated carbocycles. The molecule has 0 atom stereocenters. The smallest absolute Gasteiger partial charge is 0.124 e. The van der Waals surface area contributed by atoms with Gasteiger partial charge in [-0.2, -0.15) is 0 Å². The molecule has 8 N–H and O–H groups in total. The number of nitrogens with one attached hydrogen (secondary N) is 2. The Labute approximate surface area is 210 Å². The molecule has 2 heterocycles. The molecule has 35 heavy (non-hydrogen) atoms. The summed E-state index contributed by atoms with van der Waals surface area (Å²) in [5.74, 6) is 10.6. The number of para-hydroxylation sites is 2. The van der Waals surface area contributed by atoms with Crippen LogP contribution in [0.4, 0.5) is 5.69 Å². The third-order valence-corrected chi connectivity index (χ3v) is 5.51. The van der Waals surface area contributed by atoms with E-state index < -0.39 is 0 Å². The molecule has 1 saturated heterocycles. The number of ether oxygens (including phenoxy) is 1. The van der Waals surface area contributed by atoms with E-state index in [1.54, 1.807) is 0 Å². The van der Waals surface area contributed by atoms with Crippen molar-refractivity contribution in [3.8, 4) is 5.75 Å². The van der Waals surface area contributed by atoms with Crippen molar-refractivity contribution in [2.45, 2.75) is 66.9 Å². The number of aromatic amines is 1. The molecule has 0 aliphatic carbocycles. The van der Waals surface area contributed by atoms with Crippen molar-refractivity contribution < 1.29 is 4.74 Å². The number of hydrogen-bond donors (Lipinski definition) is 5. The number of amidine groups is 1. The number of aromatic nitrogens is 2. The van der Waals surface area contributed by atoms with Gasteiger partial charge >= 0.3 is 0 Å². The Morgan fingerprint density at radius 1 is 1.09 bits per heavy atom. The fourth-order valence-corrected chi connectivity index (χ4v) is 4.10. The SMILES string of the molecule is CC.CC.CC(C)Oc1ccc(C(=N)N)c(N2CCC(Cc3nc4ccccc4[nH]3)CC2)c1.NN. The van der Waals surface area contributed by atoms with Crippen molar-refractivity contribution in [1.29, 1.82) is 5.41 Å². The Morgan fingerprint density at radius 3 is 2.29 bits per heavy atom. The highest BCUT2D eigenvalue weighted by Crippen LogP contribution is 2.31. The van der Waals surface area contributed by atoms with E-state index in [2.05, 4.69) is 27.6 Å². The Kier molecular flexibility index (Phi) is 13.5. The lowest BCUT2D eigenvalue weighted by atomic mass is 9.92. The lowest BCUT2D eigenvalue weighted by molar-refractivity contribution is 0.242. The molecule has 2 aromatic carbocycles. The molecule has 0 radical (unpaired) electrons. The zero-order valence-corrected chi connectivity index (χ0v) is 22.3. The van der Waals surface area contributed by atoms with Crippen molar-refractivity contribution >= 4 is 22.6 Å². The molecule has 4 rings (SSSR count). The first-order chi connectivity index (χ1) is 17.0. The number of nitrogens with two attached hydrogens (primary N) is 3. The van der Waals surface area contributed by atoms with Crippen LogP contribution in [0, 0.1) is 11.3 Å². The third-order valence-electron chi connectivity index (χ3n) is 5.51. The van der Waals surface area contributed by atoms with Crippen molar-refractivity contribution in [2.24, 2.45) is 23.3 Å². The highest BCUT2D eigenvalue weighted by molar-refractivity contribution is 6.00. The molecule has 8 nitrogen and oxygen atoms in total. The van der Waals surface area contributed by atoms with Crippen LogP contribution in [0.15, 0.2) is 42.5 Å². The monoisotopic (exact) mass is 483 g/mol. The van der Waals surface area contributed by atoms with E-state index in [9.17, 15) is 0 Å². The zero-order valence-electron chi connectivity index (χ0n) is 22.3. The standard InChI is InChI=1S/C23H29N5O.2C2H6.H4N2/c1-15(2)29-17-7-8-18(23(24)25)21(14-17)28-11-9-16(10-12-28)13-22-26-19-5-3-4-6-20(19)27-22;3*1-2/h3-8,14-16H,9-13H2,1-2H3,(H3,24,25)(H,26,27);2*1-2H3;1-2H2. The Balaban J connectivity index is 0.000000949. The normalized spacial score (nSPS) is 13.1. The molecule has 3 aromatic rings. The topological polar surface area (TPSA) is 143 Å². The maximum Gasteiger partial charge on any atom is 0.124 e. The van der Waals surface area contributed by atoms with Crippen molar-refractivity contribution in [3.63, 3.8) is 0 Å². The number of rotatable bonds is 6. The third kappa shape index (κ3) is 8.56. The Bertz CT molecular complexity index is 975. The van der Waals surface area contributed by atoms with E-state index in [4.69, 9.17) is 20.9 Å². The first kappa shape index (κ1) is 29.9. The van der Waals surface area contributed by atoms with E-state index in [-0.39, 0.29) is 11.9 Å². The molecule has 1 aliphatic rings. The summed E-state index contributed by atoms with van der Waals surface area (Å²) in [6.45, 7) is 13.9. The van der Waals surface area contributed by atoms with Gasteiger partial charge in [-0.3, -0.25) is 17.1 Å². The maximum atomic E-state index is 7.95. The van der Waals surface area contributed by atoms with Gasteiger partial charge in [0, 0.05) is 31.1 Å². The molecule has 0 amide bonds. The first-order valence-electron chi connectivity index (χ1n) is 12.7. The molecule has 194 valence electrons. The van der Waals surface area contributed by atoms with Crippen LogP contribution in [-0.4, -0.2) is 35.0 Å². The minimum absolute atomic E-state index is 0.0977. The number of benzene rings is 2. The number of fused-ring (bicyclic) bond motifs is 1. The molecule has 0 unspecified atom stereocenters. The highest BCUT2D eigenvalue weighted by atomic mass is 16.5. The van der Waals surface area contributed by atoms with Crippen LogP contribution in [0.25, 0.3) is 11.0 Å². The summed E-state index contributed by atoms with van der Waals surface area (Å²) in [4.78, 5) is 10.5. The summed E-state index contributed by atoms with van der Waals surface area (Å²) in [6, 6.07) is 14.0. The fourth-order valence-electron chi connectivity index (χ4n) is 4.10. The van der Waals surface area contributed by atoms with Gasteiger partial charge in [-0.1, -0.05) is 39.8 Å². The van der Waals surface area contributed by atoms with Crippen LogP contribution in [0.1, 0.15) is 65.8 Å². The van der Waals surface area contributed by atoms with Gasteiger partial charge in [0.25, 0.3) is 0 Å².